The third kappa shape index (κ3) is 5.10. The van der Waals surface area contributed by atoms with Gasteiger partial charge in [0.2, 0.25) is 0 Å². The lowest BCUT2D eigenvalue weighted by Crippen LogP contribution is -2.25. The third-order valence-corrected chi connectivity index (χ3v) is 5.55. The topological polar surface area (TPSA) is 81.9 Å². The van der Waals surface area contributed by atoms with Crippen LogP contribution in [-0.2, 0) is 12.3 Å². The smallest absolute Gasteiger partial charge is 0.270 e. The lowest BCUT2D eigenvalue weighted by Gasteiger charge is -2.11. The number of nitrogens with zero attached hydrogens (tertiary/aromatic N) is 4. The maximum Gasteiger partial charge on any atom is 0.270 e. The van der Waals surface area contributed by atoms with Crippen molar-refractivity contribution in [2.45, 2.75) is 17.5 Å². The zero-order chi connectivity index (χ0) is 21.5. The number of hydrogen-bond acceptors (Lipinski definition) is 6. The van der Waals surface area contributed by atoms with Crippen molar-refractivity contribution in [2.24, 2.45) is 0 Å². The molecule has 1 N–H and O–H groups in total. The fourth-order valence-electron chi connectivity index (χ4n) is 2.97. The summed E-state index contributed by atoms with van der Waals surface area (Å²) in [7, 11) is 1.63. The molecule has 7 nitrogen and oxygen atoms in total. The molecule has 0 unspecified atom stereocenters. The summed E-state index contributed by atoms with van der Waals surface area (Å²) in [6.45, 7) is 0.223. The van der Waals surface area contributed by atoms with E-state index in [1.807, 2.05) is 47.0 Å². The average Bonchev–Trinajstić information content (AvgIpc) is 3.25. The number of hydrogen-bond donors (Lipinski definition) is 1. The minimum absolute atomic E-state index is 0.223. The number of ether oxygens (including phenoxy) is 1. The number of pyridine rings is 1. The Balaban J connectivity index is 1.57. The molecule has 1 amide bonds. The van der Waals surface area contributed by atoms with Crippen molar-refractivity contribution >= 4 is 17.7 Å². The number of amides is 1. The Morgan fingerprint density at radius 1 is 1.00 bits per heavy atom. The second-order valence-electron chi connectivity index (χ2n) is 6.60. The van der Waals surface area contributed by atoms with Gasteiger partial charge in [0.1, 0.15) is 11.4 Å². The van der Waals surface area contributed by atoms with Gasteiger partial charge in [0.15, 0.2) is 11.0 Å². The normalized spacial score (nSPS) is 10.6. The van der Waals surface area contributed by atoms with Crippen molar-refractivity contribution in [3.63, 3.8) is 0 Å². The summed E-state index contributed by atoms with van der Waals surface area (Å²) in [5.41, 5.74) is 2.45. The van der Waals surface area contributed by atoms with E-state index >= 15 is 0 Å². The Kier molecular flexibility index (Phi) is 6.59. The van der Waals surface area contributed by atoms with E-state index in [4.69, 9.17) is 4.74 Å². The second kappa shape index (κ2) is 9.90. The van der Waals surface area contributed by atoms with Crippen molar-refractivity contribution in [1.82, 2.24) is 25.1 Å². The van der Waals surface area contributed by atoms with Crippen LogP contribution in [0.4, 0.5) is 0 Å². The zero-order valence-corrected chi connectivity index (χ0v) is 17.7. The van der Waals surface area contributed by atoms with Crippen LogP contribution in [0.25, 0.3) is 5.69 Å². The molecule has 2 heterocycles. The first-order valence-electron chi connectivity index (χ1n) is 9.69. The summed E-state index contributed by atoms with van der Waals surface area (Å²) in [6, 6.07) is 23.1. The van der Waals surface area contributed by atoms with E-state index in [9.17, 15) is 4.79 Å². The van der Waals surface area contributed by atoms with E-state index < -0.39 is 0 Å². The van der Waals surface area contributed by atoms with Crippen LogP contribution < -0.4 is 10.1 Å². The fraction of sp³-hybridized carbons (Fsp3) is 0.130. The number of carbonyl (C=O) groups excluding carboxylic acids is 1. The van der Waals surface area contributed by atoms with Crippen molar-refractivity contribution in [1.29, 1.82) is 0 Å². The van der Waals surface area contributed by atoms with E-state index in [2.05, 4.69) is 32.6 Å². The molecule has 0 aliphatic heterocycles. The van der Waals surface area contributed by atoms with Gasteiger partial charge in [0.25, 0.3) is 5.91 Å². The number of nitrogens with one attached hydrogen (secondary N) is 1. The molecule has 8 heteroatoms. The van der Waals surface area contributed by atoms with Crippen LogP contribution in [-0.4, -0.2) is 32.8 Å². The molecule has 0 aliphatic rings. The van der Waals surface area contributed by atoms with Gasteiger partial charge in [-0.15, -0.1) is 10.2 Å². The number of rotatable bonds is 8. The summed E-state index contributed by atoms with van der Waals surface area (Å²) >= 11 is 1.59. The van der Waals surface area contributed by atoms with Crippen LogP contribution in [0.1, 0.15) is 21.9 Å². The lowest BCUT2D eigenvalue weighted by molar-refractivity contribution is 0.0944. The van der Waals surface area contributed by atoms with Crippen molar-refractivity contribution in [3.05, 3.63) is 96.1 Å². The third-order valence-electron chi connectivity index (χ3n) is 4.55. The zero-order valence-electron chi connectivity index (χ0n) is 16.9. The first-order chi connectivity index (χ1) is 15.2. The van der Waals surface area contributed by atoms with Gasteiger partial charge in [-0.3, -0.25) is 14.3 Å². The summed E-state index contributed by atoms with van der Waals surface area (Å²) in [5, 5.41) is 12.3. The van der Waals surface area contributed by atoms with Crippen molar-refractivity contribution < 1.29 is 9.53 Å². The molecule has 4 aromatic rings. The van der Waals surface area contributed by atoms with Gasteiger partial charge in [-0.1, -0.05) is 48.2 Å². The molecule has 2 aromatic heterocycles. The van der Waals surface area contributed by atoms with Crippen LogP contribution in [0.2, 0.25) is 0 Å². The summed E-state index contributed by atoms with van der Waals surface area (Å²) in [6.07, 6.45) is 1.59. The highest BCUT2D eigenvalue weighted by atomic mass is 32.2. The van der Waals surface area contributed by atoms with Gasteiger partial charge < -0.3 is 10.1 Å². The number of thioether (sulfide) groups is 1. The Bertz CT molecular complexity index is 1130. The minimum atomic E-state index is -0.261. The highest BCUT2D eigenvalue weighted by Gasteiger charge is 2.16. The molecular formula is C23H21N5O2S. The van der Waals surface area contributed by atoms with Crippen LogP contribution in [0.3, 0.4) is 0 Å². The lowest BCUT2D eigenvalue weighted by atomic mass is 10.2. The van der Waals surface area contributed by atoms with Gasteiger partial charge in [0.05, 0.1) is 13.7 Å². The minimum Gasteiger partial charge on any atom is -0.497 e. The van der Waals surface area contributed by atoms with Gasteiger partial charge in [-0.25, -0.2) is 0 Å². The van der Waals surface area contributed by atoms with Crippen LogP contribution >= 0.6 is 11.8 Å². The number of methoxy groups -OCH3 is 1. The Morgan fingerprint density at radius 2 is 1.77 bits per heavy atom. The summed E-state index contributed by atoms with van der Waals surface area (Å²) < 4.78 is 7.22. The van der Waals surface area contributed by atoms with Gasteiger partial charge in [-0.05, 0) is 42.0 Å². The first-order valence-corrected chi connectivity index (χ1v) is 10.7. The fourth-order valence-corrected chi connectivity index (χ4v) is 3.89. The quantitative estimate of drug-likeness (QED) is 0.426. The largest absolute Gasteiger partial charge is 0.497 e. The molecule has 0 fully saturated rings. The highest BCUT2D eigenvalue weighted by molar-refractivity contribution is 7.98. The van der Waals surface area contributed by atoms with Crippen molar-refractivity contribution in [3.8, 4) is 11.4 Å². The number of carbonyl (C=O) groups is 1. The van der Waals surface area contributed by atoms with Crippen LogP contribution in [0.15, 0.2) is 84.1 Å². The SMILES string of the molecule is COc1ccc(-n2c(CNC(=O)c3ccccn3)nnc2SCc2ccccc2)cc1. The van der Waals surface area contributed by atoms with Gasteiger partial charge in [-0.2, -0.15) is 0 Å². The standard InChI is InChI=1S/C23H21N5O2S/c1-30-19-12-10-18(11-13-19)28-21(15-25-22(29)20-9-5-6-14-24-20)26-27-23(28)31-16-17-7-3-2-4-8-17/h2-14H,15-16H2,1H3,(H,25,29). The van der Waals surface area contributed by atoms with E-state index in [-0.39, 0.29) is 12.5 Å². The summed E-state index contributed by atoms with van der Waals surface area (Å²) in [4.78, 5) is 16.5. The molecule has 2 aromatic carbocycles. The second-order valence-corrected chi connectivity index (χ2v) is 7.55. The molecule has 0 bridgehead atoms. The number of benzene rings is 2. The van der Waals surface area contributed by atoms with Crippen LogP contribution in [0.5, 0.6) is 5.75 Å². The molecule has 0 saturated carbocycles. The predicted octanol–water partition coefficient (Wildman–Crippen LogP) is 3.89. The Morgan fingerprint density at radius 3 is 2.48 bits per heavy atom. The highest BCUT2D eigenvalue weighted by Crippen LogP contribution is 2.26. The average molecular weight is 432 g/mol. The maximum atomic E-state index is 12.4. The van der Waals surface area contributed by atoms with Gasteiger partial charge in [0, 0.05) is 17.6 Å². The first kappa shape index (κ1) is 20.6. The molecule has 0 spiro atoms. The van der Waals surface area contributed by atoms with Gasteiger partial charge >= 0.3 is 0 Å². The summed E-state index contributed by atoms with van der Waals surface area (Å²) in [5.74, 6) is 1.89. The number of aromatic nitrogens is 4. The Hall–Kier alpha value is -3.65. The maximum absolute atomic E-state index is 12.4. The molecule has 0 saturated heterocycles. The molecule has 0 radical (unpaired) electrons. The van der Waals surface area contributed by atoms with E-state index in [0.29, 0.717) is 11.5 Å². The molecule has 156 valence electrons. The molecular weight excluding hydrogens is 410 g/mol. The molecule has 0 atom stereocenters. The monoisotopic (exact) mass is 431 g/mol. The van der Waals surface area contributed by atoms with E-state index in [1.165, 1.54) is 5.56 Å². The van der Waals surface area contributed by atoms with E-state index in [1.54, 1.807) is 43.3 Å². The van der Waals surface area contributed by atoms with Crippen LogP contribution in [0, 0.1) is 0 Å². The Labute approximate surface area is 184 Å². The molecule has 0 aliphatic carbocycles. The predicted molar refractivity (Wildman–Crippen MR) is 119 cm³/mol. The molecule has 4 rings (SSSR count). The van der Waals surface area contributed by atoms with Crippen molar-refractivity contribution in [2.75, 3.05) is 7.11 Å². The molecule has 31 heavy (non-hydrogen) atoms. The van der Waals surface area contributed by atoms with E-state index in [0.717, 1.165) is 22.3 Å².